The van der Waals surface area contributed by atoms with Gasteiger partial charge in [-0.2, -0.15) is 0 Å². The first-order valence-corrected chi connectivity index (χ1v) is 5.26. The molecule has 1 amide bonds. The first-order chi connectivity index (χ1) is 7.61. The molecule has 3 N–H and O–H groups in total. The molecule has 1 unspecified atom stereocenters. The normalized spacial score (nSPS) is 20.5. The fourth-order valence-corrected chi connectivity index (χ4v) is 1.93. The number of nitrogen functional groups attached to an aromatic ring is 1. The monoisotopic (exact) mass is 221 g/mol. The molecule has 1 aromatic rings. The number of aromatic nitrogens is 1. The second-order valence-corrected chi connectivity index (χ2v) is 4.11. The van der Waals surface area contributed by atoms with E-state index < -0.39 is 0 Å². The molecule has 5 heteroatoms. The van der Waals surface area contributed by atoms with Crippen LogP contribution in [0.25, 0.3) is 0 Å². The number of anilines is 2. The van der Waals surface area contributed by atoms with Gasteiger partial charge >= 0.3 is 0 Å². The number of aliphatic hydroxyl groups excluding tert-OH is 1. The minimum absolute atomic E-state index is 0.00333. The molecule has 5 nitrogen and oxygen atoms in total. The van der Waals surface area contributed by atoms with Gasteiger partial charge in [-0.3, -0.25) is 4.79 Å². The summed E-state index contributed by atoms with van der Waals surface area (Å²) in [5, 5.41) is 9.04. The van der Waals surface area contributed by atoms with Crippen LogP contribution in [0.15, 0.2) is 12.1 Å². The summed E-state index contributed by atoms with van der Waals surface area (Å²) in [4.78, 5) is 17.4. The highest BCUT2D eigenvalue weighted by Gasteiger charge is 2.31. The van der Waals surface area contributed by atoms with E-state index in [1.165, 1.54) is 0 Å². The number of hydrogen-bond donors (Lipinski definition) is 2. The Kier molecular flexibility index (Phi) is 2.78. The number of aliphatic hydroxyl groups is 1. The van der Waals surface area contributed by atoms with Gasteiger partial charge < -0.3 is 15.7 Å². The summed E-state index contributed by atoms with van der Waals surface area (Å²) in [6.45, 7) is 2.40. The topological polar surface area (TPSA) is 79.5 Å². The molecule has 0 aromatic carbocycles. The number of hydrogen-bond acceptors (Lipinski definition) is 4. The SMILES string of the molecule is Cc1ccc(N2CC(CO)CC2=O)c(N)n1. The van der Waals surface area contributed by atoms with Gasteiger partial charge in [-0.25, -0.2) is 4.98 Å². The molecule has 0 radical (unpaired) electrons. The lowest BCUT2D eigenvalue weighted by molar-refractivity contribution is -0.117. The molecule has 1 fully saturated rings. The maximum Gasteiger partial charge on any atom is 0.227 e. The number of rotatable bonds is 2. The highest BCUT2D eigenvalue weighted by atomic mass is 16.3. The molecule has 1 saturated heterocycles. The van der Waals surface area contributed by atoms with Crippen molar-refractivity contribution in [2.45, 2.75) is 13.3 Å². The van der Waals surface area contributed by atoms with Crippen LogP contribution in [0.3, 0.4) is 0 Å². The number of nitrogens with two attached hydrogens (primary N) is 1. The minimum Gasteiger partial charge on any atom is -0.396 e. The van der Waals surface area contributed by atoms with Crippen molar-refractivity contribution in [1.82, 2.24) is 4.98 Å². The lowest BCUT2D eigenvalue weighted by Crippen LogP contribution is -2.26. The first kappa shape index (κ1) is 10.9. The van der Waals surface area contributed by atoms with Crippen LogP contribution in [0.1, 0.15) is 12.1 Å². The Labute approximate surface area is 93.9 Å². The molecule has 0 aliphatic carbocycles. The van der Waals surface area contributed by atoms with Crippen molar-refractivity contribution in [3.05, 3.63) is 17.8 Å². The van der Waals surface area contributed by atoms with E-state index in [0.717, 1.165) is 5.69 Å². The lowest BCUT2D eigenvalue weighted by Gasteiger charge is -2.18. The summed E-state index contributed by atoms with van der Waals surface area (Å²) < 4.78 is 0. The van der Waals surface area contributed by atoms with Crippen molar-refractivity contribution in [3.8, 4) is 0 Å². The van der Waals surface area contributed by atoms with Gasteiger partial charge in [0.05, 0.1) is 5.69 Å². The molecule has 2 rings (SSSR count). The molecule has 2 heterocycles. The summed E-state index contributed by atoms with van der Waals surface area (Å²) in [7, 11) is 0. The summed E-state index contributed by atoms with van der Waals surface area (Å²) in [6, 6.07) is 3.63. The summed E-state index contributed by atoms with van der Waals surface area (Å²) in [5.74, 6) is 0.372. The Hall–Kier alpha value is -1.62. The second-order valence-electron chi connectivity index (χ2n) is 4.11. The van der Waals surface area contributed by atoms with Crippen molar-refractivity contribution in [1.29, 1.82) is 0 Å². The van der Waals surface area contributed by atoms with Crippen molar-refractivity contribution in [2.24, 2.45) is 5.92 Å². The number of amides is 1. The second kappa shape index (κ2) is 4.09. The minimum atomic E-state index is -0.00333. The number of aryl methyl sites for hydroxylation is 1. The first-order valence-electron chi connectivity index (χ1n) is 5.26. The average Bonchev–Trinajstić information content (AvgIpc) is 2.60. The van der Waals surface area contributed by atoms with Gasteiger partial charge in [0.1, 0.15) is 5.82 Å². The van der Waals surface area contributed by atoms with Crippen LogP contribution < -0.4 is 10.6 Å². The zero-order valence-corrected chi connectivity index (χ0v) is 9.18. The third kappa shape index (κ3) is 1.86. The molecule has 1 aromatic heterocycles. The smallest absolute Gasteiger partial charge is 0.227 e. The molecule has 1 atom stereocenters. The lowest BCUT2D eigenvalue weighted by atomic mass is 10.1. The van der Waals surface area contributed by atoms with E-state index in [1.54, 1.807) is 11.0 Å². The van der Waals surface area contributed by atoms with E-state index >= 15 is 0 Å². The van der Waals surface area contributed by atoms with Crippen LogP contribution in [0.2, 0.25) is 0 Å². The van der Waals surface area contributed by atoms with Gasteiger partial charge in [-0.15, -0.1) is 0 Å². The number of nitrogens with zero attached hydrogens (tertiary/aromatic N) is 2. The van der Waals surface area contributed by atoms with Crippen LogP contribution in [-0.2, 0) is 4.79 Å². The molecular formula is C11H15N3O2. The quantitative estimate of drug-likeness (QED) is 0.753. The summed E-state index contributed by atoms with van der Waals surface area (Å²) in [5.41, 5.74) is 7.25. The van der Waals surface area contributed by atoms with E-state index in [9.17, 15) is 4.79 Å². The van der Waals surface area contributed by atoms with Crippen LogP contribution >= 0.6 is 0 Å². The highest BCUT2D eigenvalue weighted by Crippen LogP contribution is 2.28. The van der Waals surface area contributed by atoms with Crippen molar-refractivity contribution >= 4 is 17.4 Å². The summed E-state index contributed by atoms with van der Waals surface area (Å²) >= 11 is 0. The number of carbonyl (C=O) groups excluding carboxylic acids is 1. The van der Waals surface area contributed by atoms with Crippen molar-refractivity contribution in [2.75, 3.05) is 23.8 Å². The average molecular weight is 221 g/mol. The third-order valence-corrected chi connectivity index (χ3v) is 2.80. The van der Waals surface area contributed by atoms with Crippen molar-refractivity contribution in [3.63, 3.8) is 0 Å². The molecule has 1 aliphatic rings. The van der Waals surface area contributed by atoms with Gasteiger partial charge in [0.2, 0.25) is 5.91 Å². The predicted octanol–water partition coefficient (Wildman–Crippen LogP) is 0.317. The molecule has 86 valence electrons. The molecular weight excluding hydrogens is 206 g/mol. The Morgan fingerprint density at radius 2 is 2.38 bits per heavy atom. The van der Waals surface area contributed by atoms with Gasteiger partial charge in [-0.1, -0.05) is 0 Å². The highest BCUT2D eigenvalue weighted by molar-refractivity contribution is 5.97. The van der Waals surface area contributed by atoms with Crippen LogP contribution in [0.5, 0.6) is 0 Å². The van der Waals surface area contributed by atoms with Crippen LogP contribution in [0, 0.1) is 12.8 Å². The summed E-state index contributed by atoms with van der Waals surface area (Å²) in [6.07, 6.45) is 0.379. The van der Waals surface area contributed by atoms with E-state index in [1.807, 2.05) is 13.0 Å². The van der Waals surface area contributed by atoms with Crippen LogP contribution in [0.4, 0.5) is 11.5 Å². The maximum atomic E-state index is 11.7. The number of pyridine rings is 1. The van der Waals surface area contributed by atoms with Crippen molar-refractivity contribution < 1.29 is 9.90 Å². The molecule has 16 heavy (non-hydrogen) atoms. The standard InChI is InChI=1S/C11H15N3O2/c1-7-2-3-9(11(12)13-7)14-5-8(6-15)4-10(14)16/h2-3,8,15H,4-6H2,1H3,(H2,12,13). The molecule has 0 spiro atoms. The fraction of sp³-hybridized carbons (Fsp3) is 0.455. The van der Waals surface area contributed by atoms with Gasteiger partial charge in [-0.05, 0) is 19.1 Å². The molecule has 1 aliphatic heterocycles. The Balaban J connectivity index is 2.28. The zero-order valence-electron chi connectivity index (χ0n) is 9.18. The van der Waals surface area contributed by atoms with Gasteiger partial charge in [0.15, 0.2) is 0 Å². The maximum absolute atomic E-state index is 11.7. The van der Waals surface area contributed by atoms with Gasteiger partial charge in [0, 0.05) is 31.2 Å². The fourth-order valence-electron chi connectivity index (χ4n) is 1.93. The molecule has 0 saturated carbocycles. The third-order valence-electron chi connectivity index (χ3n) is 2.80. The Morgan fingerprint density at radius 1 is 1.62 bits per heavy atom. The largest absolute Gasteiger partial charge is 0.396 e. The van der Waals surface area contributed by atoms with Crippen LogP contribution in [-0.4, -0.2) is 29.1 Å². The van der Waals surface area contributed by atoms with E-state index in [-0.39, 0.29) is 18.4 Å². The van der Waals surface area contributed by atoms with E-state index in [2.05, 4.69) is 4.98 Å². The van der Waals surface area contributed by atoms with Gasteiger partial charge in [0.25, 0.3) is 0 Å². The van der Waals surface area contributed by atoms with E-state index in [4.69, 9.17) is 10.8 Å². The Morgan fingerprint density at radius 3 is 2.94 bits per heavy atom. The predicted molar refractivity (Wildman–Crippen MR) is 60.9 cm³/mol. The van der Waals surface area contributed by atoms with E-state index in [0.29, 0.717) is 24.5 Å². The zero-order chi connectivity index (χ0) is 11.7. The molecule has 0 bridgehead atoms. The Bertz CT molecular complexity index is 420. The number of carbonyl (C=O) groups is 1.